The second kappa shape index (κ2) is 7.66. The molecule has 2 aromatic rings. The fraction of sp³-hybridized carbons (Fsp3) is 0.579. The molecule has 2 heterocycles. The molecule has 0 spiro atoms. The van der Waals surface area contributed by atoms with Crippen LogP contribution in [-0.4, -0.2) is 50.3 Å². The molecule has 0 radical (unpaired) electrons. The standard InChI is InChI=1S/C16H23N4O.3CH3.Sn/c1-11(2)18-14-6-8-17-10-13(14)15-9-12(19-20-15)5-7-16(3,4)21;;;;/h6,9-11,21H,5,7H2,1-4H3,(H,17,18)(H,19,20);3*1H3;. The molecule has 6 heteroatoms. The van der Waals surface area contributed by atoms with Gasteiger partial charge in [-0.1, -0.05) is 0 Å². The van der Waals surface area contributed by atoms with Gasteiger partial charge in [0.15, 0.2) is 0 Å². The Hall–Kier alpha value is -1.08. The Morgan fingerprint density at radius 3 is 2.48 bits per heavy atom. The van der Waals surface area contributed by atoms with Crippen LogP contribution in [0.5, 0.6) is 0 Å². The Kier molecular flexibility index (Phi) is 6.20. The van der Waals surface area contributed by atoms with E-state index in [9.17, 15) is 5.11 Å². The summed E-state index contributed by atoms with van der Waals surface area (Å²) in [6.45, 7) is 7.94. The van der Waals surface area contributed by atoms with Crippen molar-refractivity contribution >= 4 is 27.8 Å². The summed E-state index contributed by atoms with van der Waals surface area (Å²) in [5, 5.41) is 21.0. The number of hydrogen-bond donors (Lipinski definition) is 3. The number of aromatic amines is 1. The van der Waals surface area contributed by atoms with Gasteiger partial charge >= 0.3 is 156 Å². The van der Waals surface area contributed by atoms with Crippen molar-refractivity contribution < 1.29 is 5.11 Å². The predicted molar refractivity (Wildman–Crippen MR) is 108 cm³/mol. The van der Waals surface area contributed by atoms with Gasteiger partial charge in [-0.3, -0.25) is 0 Å². The number of aromatic nitrogens is 3. The molecule has 0 bridgehead atoms. The quantitative estimate of drug-likeness (QED) is 0.564. The van der Waals surface area contributed by atoms with Crippen LogP contribution in [0.2, 0.25) is 14.8 Å². The molecular weight excluding hydrogens is 419 g/mol. The first kappa shape index (κ1) is 20.2. The SMILES string of the molecule is CC(C)Nc1c[c]([Sn]([CH3])([CH3])[CH3])ncc1-c1cc(CCC(C)(C)O)[nH]n1. The summed E-state index contributed by atoms with van der Waals surface area (Å²) in [5.74, 6) is 0. The van der Waals surface area contributed by atoms with Crippen LogP contribution >= 0.6 is 0 Å². The molecule has 2 aromatic heterocycles. The van der Waals surface area contributed by atoms with Gasteiger partial charge in [0.2, 0.25) is 0 Å². The van der Waals surface area contributed by atoms with E-state index in [0.29, 0.717) is 12.5 Å². The first-order chi connectivity index (χ1) is 11.5. The van der Waals surface area contributed by atoms with Crippen LogP contribution in [-0.2, 0) is 6.42 Å². The Labute approximate surface area is 155 Å². The van der Waals surface area contributed by atoms with Gasteiger partial charge in [-0.25, -0.2) is 0 Å². The number of nitrogens with one attached hydrogen (secondary N) is 2. The van der Waals surface area contributed by atoms with E-state index in [1.54, 1.807) is 0 Å². The molecule has 0 aliphatic rings. The topological polar surface area (TPSA) is 73.8 Å². The summed E-state index contributed by atoms with van der Waals surface area (Å²) in [5.41, 5.74) is 3.40. The molecule has 0 aliphatic carbocycles. The van der Waals surface area contributed by atoms with Crippen LogP contribution < -0.4 is 9.03 Å². The summed E-state index contributed by atoms with van der Waals surface area (Å²) in [4.78, 5) is 11.9. The number of rotatable bonds is 7. The van der Waals surface area contributed by atoms with Crippen molar-refractivity contribution in [3.63, 3.8) is 0 Å². The van der Waals surface area contributed by atoms with Crippen LogP contribution in [0.15, 0.2) is 18.3 Å². The summed E-state index contributed by atoms with van der Waals surface area (Å²) in [7, 11) is 0. The molecule has 0 fully saturated rings. The van der Waals surface area contributed by atoms with Gasteiger partial charge in [0, 0.05) is 0 Å². The molecule has 3 N–H and O–H groups in total. The van der Waals surface area contributed by atoms with E-state index < -0.39 is 24.0 Å². The molecule has 0 atom stereocenters. The molecule has 0 aliphatic heterocycles. The van der Waals surface area contributed by atoms with E-state index in [1.165, 1.54) is 3.71 Å². The first-order valence-corrected chi connectivity index (χ1v) is 19.0. The van der Waals surface area contributed by atoms with Crippen molar-refractivity contribution in [3.8, 4) is 11.3 Å². The third-order valence-electron chi connectivity index (χ3n) is 4.03. The Bertz CT molecular complexity index is 711. The zero-order valence-electron chi connectivity index (χ0n) is 16.6. The van der Waals surface area contributed by atoms with Crippen LogP contribution in [0.3, 0.4) is 0 Å². The van der Waals surface area contributed by atoms with Crippen molar-refractivity contribution in [2.24, 2.45) is 0 Å². The molecule has 0 unspecified atom stereocenters. The van der Waals surface area contributed by atoms with Crippen LogP contribution in [0, 0.1) is 0 Å². The van der Waals surface area contributed by atoms with Crippen LogP contribution in [0.25, 0.3) is 11.3 Å². The van der Waals surface area contributed by atoms with Crippen LogP contribution in [0.1, 0.15) is 39.8 Å². The minimum atomic E-state index is -2.23. The van der Waals surface area contributed by atoms with E-state index in [-0.39, 0.29) is 0 Å². The Morgan fingerprint density at radius 2 is 1.92 bits per heavy atom. The van der Waals surface area contributed by atoms with Gasteiger partial charge in [-0.15, -0.1) is 0 Å². The Morgan fingerprint density at radius 1 is 1.24 bits per heavy atom. The van der Waals surface area contributed by atoms with Gasteiger partial charge in [0.05, 0.1) is 0 Å². The number of anilines is 1. The van der Waals surface area contributed by atoms with E-state index in [0.717, 1.165) is 29.1 Å². The number of aryl methyl sites for hydroxylation is 1. The molecule has 0 saturated heterocycles. The molecule has 25 heavy (non-hydrogen) atoms. The molecule has 0 saturated carbocycles. The van der Waals surface area contributed by atoms with Gasteiger partial charge in [0.1, 0.15) is 0 Å². The number of pyridine rings is 1. The average Bonchev–Trinajstić information content (AvgIpc) is 2.91. The zero-order chi connectivity index (χ0) is 18.8. The minimum absolute atomic E-state index is 0.345. The molecule has 138 valence electrons. The van der Waals surface area contributed by atoms with Gasteiger partial charge in [0.25, 0.3) is 0 Å². The van der Waals surface area contributed by atoms with E-state index >= 15 is 0 Å². The number of nitrogens with zero attached hydrogens (tertiary/aromatic N) is 2. The molecule has 0 amide bonds. The number of hydrogen-bond acceptors (Lipinski definition) is 4. The fourth-order valence-electron chi connectivity index (χ4n) is 2.57. The number of aliphatic hydroxyl groups is 1. The van der Waals surface area contributed by atoms with Crippen molar-refractivity contribution in [1.82, 2.24) is 15.2 Å². The maximum atomic E-state index is 9.90. The maximum absolute atomic E-state index is 9.90. The molecular formula is C19H32N4OSn. The number of H-pyrrole nitrogens is 1. The fourth-order valence-corrected chi connectivity index (χ4v) is 5.51. The third kappa shape index (κ3) is 5.99. The summed E-state index contributed by atoms with van der Waals surface area (Å²) < 4.78 is 1.26. The second-order valence-corrected chi connectivity index (χ2v) is 23.1. The molecule has 2 rings (SSSR count). The second-order valence-electron chi connectivity index (χ2n) is 8.76. The summed E-state index contributed by atoms with van der Waals surface area (Å²) >= 11 is -2.23. The van der Waals surface area contributed by atoms with E-state index in [4.69, 9.17) is 4.98 Å². The van der Waals surface area contributed by atoms with Crippen molar-refractivity contribution in [2.75, 3.05) is 5.32 Å². The first-order valence-electron chi connectivity index (χ1n) is 9.00. The molecule has 5 nitrogen and oxygen atoms in total. The van der Waals surface area contributed by atoms with Crippen LogP contribution in [0.4, 0.5) is 5.69 Å². The van der Waals surface area contributed by atoms with Gasteiger partial charge in [-0.05, 0) is 0 Å². The molecule has 0 aromatic carbocycles. The third-order valence-corrected chi connectivity index (χ3v) is 9.20. The van der Waals surface area contributed by atoms with E-state index in [1.807, 2.05) is 20.0 Å². The van der Waals surface area contributed by atoms with Gasteiger partial charge < -0.3 is 0 Å². The Balaban J connectivity index is 2.33. The summed E-state index contributed by atoms with van der Waals surface area (Å²) in [6.07, 6.45) is 3.42. The average molecular weight is 451 g/mol. The van der Waals surface area contributed by atoms with Gasteiger partial charge in [-0.2, -0.15) is 0 Å². The van der Waals surface area contributed by atoms with E-state index in [2.05, 4.69) is 56.3 Å². The monoisotopic (exact) mass is 452 g/mol. The predicted octanol–water partition coefficient (Wildman–Crippen LogP) is 3.54. The normalized spacial score (nSPS) is 12.7. The zero-order valence-corrected chi connectivity index (χ0v) is 19.4. The van der Waals surface area contributed by atoms with Crippen molar-refractivity contribution in [1.29, 1.82) is 0 Å². The van der Waals surface area contributed by atoms with Crippen molar-refractivity contribution in [2.45, 2.75) is 67.0 Å². The summed E-state index contributed by atoms with van der Waals surface area (Å²) in [6, 6.07) is 4.63. The van der Waals surface area contributed by atoms with Crippen molar-refractivity contribution in [3.05, 3.63) is 24.0 Å².